The Kier molecular flexibility index (Phi) is 6.54. The molecule has 1 amide bonds. The summed E-state index contributed by atoms with van der Waals surface area (Å²) in [5.41, 5.74) is 1.24. The fourth-order valence-corrected chi connectivity index (χ4v) is 5.21. The zero-order valence-electron chi connectivity index (χ0n) is 17.0. The van der Waals surface area contributed by atoms with Gasteiger partial charge in [0.2, 0.25) is 15.9 Å². The number of amides is 1. The fourth-order valence-electron chi connectivity index (χ4n) is 3.44. The average molecular weight is 418 g/mol. The predicted octanol–water partition coefficient (Wildman–Crippen LogP) is 3.08. The van der Waals surface area contributed by atoms with Crippen molar-refractivity contribution < 1.29 is 17.7 Å². The lowest BCUT2D eigenvalue weighted by Gasteiger charge is -2.31. The van der Waals surface area contributed by atoms with Gasteiger partial charge >= 0.3 is 0 Å². The summed E-state index contributed by atoms with van der Waals surface area (Å²) < 4.78 is 33.4. The molecule has 1 aromatic heterocycles. The van der Waals surface area contributed by atoms with Crippen LogP contribution < -0.4 is 5.32 Å². The van der Waals surface area contributed by atoms with Crippen molar-refractivity contribution in [2.75, 3.05) is 13.1 Å². The van der Waals surface area contributed by atoms with Gasteiger partial charge in [-0.05, 0) is 45.3 Å². The van der Waals surface area contributed by atoms with E-state index in [2.05, 4.69) is 10.5 Å². The van der Waals surface area contributed by atoms with Crippen molar-refractivity contribution in [3.05, 3.63) is 47.3 Å². The minimum Gasteiger partial charge on any atom is -0.355 e. The van der Waals surface area contributed by atoms with Gasteiger partial charge in [0.05, 0.1) is 5.92 Å². The number of benzene rings is 1. The standard InChI is InChI=1S/C21H27N3O4S/c1-15(2)22-21(25)18-10-7-13-24(14-18)29(26,27)20-16(3)23-28-19(20)12-11-17-8-5-4-6-9-17/h4-6,8-9,11-12,15,18H,7,10,13-14H2,1-3H3,(H,22,25). The van der Waals surface area contributed by atoms with Gasteiger partial charge in [0.25, 0.3) is 0 Å². The maximum Gasteiger partial charge on any atom is 0.248 e. The Bertz CT molecular complexity index is 981. The third kappa shape index (κ3) is 4.94. The lowest BCUT2D eigenvalue weighted by molar-refractivity contribution is -0.126. The minimum atomic E-state index is -3.83. The Morgan fingerprint density at radius 1 is 1.28 bits per heavy atom. The number of carbonyl (C=O) groups is 1. The molecule has 0 saturated carbocycles. The molecule has 1 N–H and O–H groups in total. The Morgan fingerprint density at radius 3 is 2.69 bits per heavy atom. The second kappa shape index (κ2) is 8.92. The van der Waals surface area contributed by atoms with Gasteiger partial charge in [-0.1, -0.05) is 41.6 Å². The number of sulfonamides is 1. The maximum absolute atomic E-state index is 13.4. The first kappa shape index (κ1) is 21.3. The van der Waals surface area contributed by atoms with Crippen molar-refractivity contribution in [3.63, 3.8) is 0 Å². The number of nitrogens with one attached hydrogen (secondary N) is 1. The molecule has 1 aromatic carbocycles. The van der Waals surface area contributed by atoms with Crippen molar-refractivity contribution in [2.24, 2.45) is 5.92 Å². The van der Waals surface area contributed by atoms with Gasteiger partial charge in [0.1, 0.15) is 5.69 Å². The van der Waals surface area contributed by atoms with Gasteiger partial charge < -0.3 is 9.84 Å². The van der Waals surface area contributed by atoms with Crippen LogP contribution in [0.3, 0.4) is 0 Å². The number of hydrogen-bond donors (Lipinski definition) is 1. The van der Waals surface area contributed by atoms with Crippen molar-refractivity contribution in [3.8, 4) is 0 Å². The third-order valence-corrected chi connectivity index (χ3v) is 6.87. The highest BCUT2D eigenvalue weighted by Gasteiger charge is 2.36. The first-order valence-corrected chi connectivity index (χ1v) is 11.2. The highest BCUT2D eigenvalue weighted by molar-refractivity contribution is 7.89. The summed E-state index contributed by atoms with van der Waals surface area (Å²) in [6.45, 7) is 5.93. The van der Waals surface area contributed by atoms with Crippen molar-refractivity contribution in [1.29, 1.82) is 0 Å². The van der Waals surface area contributed by atoms with Crippen LogP contribution in [0.25, 0.3) is 12.2 Å². The predicted molar refractivity (Wildman–Crippen MR) is 111 cm³/mol. The maximum atomic E-state index is 13.4. The zero-order chi connectivity index (χ0) is 21.0. The molecule has 2 heterocycles. The summed E-state index contributed by atoms with van der Waals surface area (Å²) in [6.07, 6.45) is 4.71. The Hall–Kier alpha value is -2.45. The molecule has 0 bridgehead atoms. The van der Waals surface area contributed by atoms with E-state index in [-0.39, 0.29) is 35.1 Å². The van der Waals surface area contributed by atoms with Crippen LogP contribution in [0, 0.1) is 12.8 Å². The highest BCUT2D eigenvalue weighted by Crippen LogP contribution is 2.29. The minimum absolute atomic E-state index is 0.0181. The first-order valence-electron chi connectivity index (χ1n) is 9.79. The summed E-state index contributed by atoms with van der Waals surface area (Å²) in [6, 6.07) is 9.56. The van der Waals surface area contributed by atoms with Crippen LogP contribution >= 0.6 is 0 Å². The van der Waals surface area contributed by atoms with E-state index in [9.17, 15) is 13.2 Å². The summed E-state index contributed by atoms with van der Waals surface area (Å²) in [5.74, 6) is -0.268. The molecular weight excluding hydrogens is 390 g/mol. The molecule has 0 aliphatic carbocycles. The number of nitrogens with zero attached hydrogens (tertiary/aromatic N) is 2. The van der Waals surface area contributed by atoms with Crippen LogP contribution in [0.1, 0.15) is 43.7 Å². The van der Waals surface area contributed by atoms with Crippen LogP contribution in [-0.4, -0.2) is 42.9 Å². The summed E-state index contributed by atoms with van der Waals surface area (Å²) in [5, 5.41) is 6.75. The van der Waals surface area contributed by atoms with E-state index in [4.69, 9.17) is 4.52 Å². The Morgan fingerprint density at radius 2 is 2.00 bits per heavy atom. The molecule has 1 saturated heterocycles. The quantitative estimate of drug-likeness (QED) is 0.780. The van der Waals surface area contributed by atoms with E-state index in [1.54, 1.807) is 19.1 Å². The van der Waals surface area contributed by atoms with Crippen LogP contribution in [0.15, 0.2) is 39.8 Å². The lowest BCUT2D eigenvalue weighted by atomic mass is 9.98. The van der Waals surface area contributed by atoms with Crippen LogP contribution in [0.4, 0.5) is 0 Å². The smallest absolute Gasteiger partial charge is 0.248 e. The normalized spacial score (nSPS) is 18.4. The molecule has 1 atom stereocenters. The molecule has 156 valence electrons. The van der Waals surface area contributed by atoms with Gasteiger partial charge in [-0.2, -0.15) is 4.31 Å². The third-order valence-electron chi connectivity index (χ3n) is 4.84. The second-order valence-corrected chi connectivity index (χ2v) is 9.45. The monoisotopic (exact) mass is 417 g/mol. The summed E-state index contributed by atoms with van der Waals surface area (Å²) >= 11 is 0. The van der Waals surface area contributed by atoms with E-state index in [1.807, 2.05) is 44.2 Å². The molecule has 7 nitrogen and oxygen atoms in total. The van der Waals surface area contributed by atoms with Crippen molar-refractivity contribution in [1.82, 2.24) is 14.8 Å². The van der Waals surface area contributed by atoms with Crippen LogP contribution in [0.5, 0.6) is 0 Å². The van der Waals surface area contributed by atoms with Crippen molar-refractivity contribution in [2.45, 2.75) is 44.6 Å². The average Bonchev–Trinajstić information content (AvgIpc) is 3.08. The van der Waals surface area contributed by atoms with Crippen LogP contribution in [-0.2, 0) is 14.8 Å². The van der Waals surface area contributed by atoms with Crippen molar-refractivity contribution >= 4 is 28.1 Å². The van der Waals surface area contributed by atoms with E-state index in [1.165, 1.54) is 4.31 Å². The molecule has 0 radical (unpaired) electrons. The number of piperidine rings is 1. The van der Waals surface area contributed by atoms with E-state index < -0.39 is 10.0 Å². The molecule has 1 aliphatic heterocycles. The molecule has 0 spiro atoms. The van der Waals surface area contributed by atoms with E-state index in [0.717, 1.165) is 5.56 Å². The number of hydrogen-bond acceptors (Lipinski definition) is 5. The van der Waals surface area contributed by atoms with Gasteiger partial charge in [0, 0.05) is 19.1 Å². The number of aromatic nitrogens is 1. The van der Waals surface area contributed by atoms with Gasteiger partial charge in [-0.15, -0.1) is 0 Å². The first-order chi connectivity index (χ1) is 13.8. The topological polar surface area (TPSA) is 92.5 Å². The van der Waals surface area contributed by atoms with Gasteiger partial charge in [-0.3, -0.25) is 4.79 Å². The van der Waals surface area contributed by atoms with Gasteiger partial charge in [-0.25, -0.2) is 8.42 Å². The molecule has 1 unspecified atom stereocenters. The molecule has 8 heteroatoms. The molecule has 29 heavy (non-hydrogen) atoms. The fraction of sp³-hybridized carbons (Fsp3) is 0.429. The molecule has 1 fully saturated rings. The summed E-state index contributed by atoms with van der Waals surface area (Å²) in [7, 11) is -3.83. The number of aryl methyl sites for hydroxylation is 1. The molecule has 2 aromatic rings. The Balaban J connectivity index is 1.85. The summed E-state index contributed by atoms with van der Waals surface area (Å²) in [4.78, 5) is 12.5. The zero-order valence-corrected chi connectivity index (χ0v) is 17.8. The molecule has 3 rings (SSSR count). The molecular formula is C21H27N3O4S. The van der Waals surface area contributed by atoms with Crippen LogP contribution in [0.2, 0.25) is 0 Å². The molecule has 1 aliphatic rings. The van der Waals surface area contributed by atoms with E-state index in [0.29, 0.717) is 25.1 Å². The largest absolute Gasteiger partial charge is 0.355 e. The lowest BCUT2D eigenvalue weighted by Crippen LogP contribution is -2.46. The van der Waals surface area contributed by atoms with Gasteiger partial charge in [0.15, 0.2) is 10.7 Å². The SMILES string of the molecule is Cc1noc(C=Cc2ccccc2)c1S(=O)(=O)N1CCCC(C(=O)NC(C)C)C1. The number of rotatable bonds is 6. The number of carbonyl (C=O) groups excluding carboxylic acids is 1. The van der Waals surface area contributed by atoms with E-state index >= 15 is 0 Å². The second-order valence-electron chi connectivity index (χ2n) is 7.57. The Labute approximate surface area is 171 Å². The highest BCUT2D eigenvalue weighted by atomic mass is 32.2.